The minimum atomic E-state index is 0.104. The van der Waals surface area contributed by atoms with Gasteiger partial charge in [-0.15, -0.1) is 11.8 Å². The molecule has 1 saturated heterocycles. The molecule has 7 nitrogen and oxygen atoms in total. The van der Waals surface area contributed by atoms with Gasteiger partial charge in [-0.05, 0) is 43.5 Å². The summed E-state index contributed by atoms with van der Waals surface area (Å²) in [5.74, 6) is 1.08. The quantitative estimate of drug-likeness (QED) is 0.481. The first kappa shape index (κ1) is 19.1. The number of likely N-dealkylation sites (tertiary alicyclic amines) is 1. The van der Waals surface area contributed by atoms with E-state index in [2.05, 4.69) is 9.98 Å². The molecule has 0 atom stereocenters. The highest BCUT2D eigenvalue weighted by Gasteiger charge is 2.16. The van der Waals surface area contributed by atoms with E-state index in [1.165, 1.54) is 18.2 Å². The molecule has 4 N–H and O–H groups in total. The molecule has 8 heteroatoms. The van der Waals surface area contributed by atoms with E-state index in [1.54, 1.807) is 19.0 Å². The average Bonchev–Trinajstić information content (AvgIpc) is 2.61. The van der Waals surface area contributed by atoms with E-state index >= 15 is 0 Å². The number of hydrogen-bond donors (Lipinski definition) is 2. The van der Waals surface area contributed by atoms with Gasteiger partial charge in [-0.3, -0.25) is 4.79 Å². The fourth-order valence-electron chi connectivity index (χ4n) is 2.37. The van der Waals surface area contributed by atoms with Crippen LogP contribution in [0.5, 0.6) is 0 Å². The Labute approximate surface area is 153 Å². The van der Waals surface area contributed by atoms with Crippen LogP contribution in [-0.4, -0.2) is 60.6 Å². The molecule has 1 aromatic rings. The van der Waals surface area contributed by atoms with Gasteiger partial charge in [0, 0.05) is 32.1 Å². The predicted octanol–water partition coefficient (Wildman–Crippen LogP) is 1.61. The van der Waals surface area contributed by atoms with E-state index in [0.717, 1.165) is 30.8 Å². The molecule has 136 valence electrons. The van der Waals surface area contributed by atoms with E-state index in [-0.39, 0.29) is 11.9 Å². The van der Waals surface area contributed by atoms with Gasteiger partial charge in [-0.2, -0.15) is 4.99 Å². The molecule has 1 amide bonds. The molecule has 25 heavy (non-hydrogen) atoms. The molecule has 1 aromatic carbocycles. The molecule has 0 saturated carbocycles. The lowest BCUT2D eigenvalue weighted by Gasteiger charge is -2.26. The summed E-state index contributed by atoms with van der Waals surface area (Å²) in [6.07, 6.45) is 3.46. The van der Waals surface area contributed by atoms with Crippen molar-refractivity contribution >= 4 is 35.3 Å². The first-order valence-electron chi connectivity index (χ1n) is 8.32. The monoisotopic (exact) mass is 362 g/mol. The third kappa shape index (κ3) is 6.30. The van der Waals surface area contributed by atoms with Gasteiger partial charge in [0.15, 0.2) is 5.96 Å². The number of thioether (sulfide) groups is 1. The average molecular weight is 363 g/mol. The second-order valence-corrected chi connectivity index (χ2v) is 7.11. The SMILES string of the molecule is CN(C)C(N)=NC(N)=Nc1ccc(SCC(=O)N2CCCCC2)cc1. The number of amides is 1. The van der Waals surface area contributed by atoms with E-state index < -0.39 is 0 Å². The van der Waals surface area contributed by atoms with E-state index in [1.807, 2.05) is 29.2 Å². The highest BCUT2D eigenvalue weighted by molar-refractivity contribution is 8.00. The standard InChI is InChI=1S/C17H26N6OS/c1-22(2)17(19)21-16(18)20-13-6-8-14(9-7-13)25-12-15(24)23-10-4-3-5-11-23/h6-9H,3-5,10-12H2,1-2H3,(H4,18,19,20,21). The maximum atomic E-state index is 12.2. The maximum Gasteiger partial charge on any atom is 0.232 e. The molecule has 0 spiro atoms. The van der Waals surface area contributed by atoms with Crippen LogP contribution in [0.1, 0.15) is 19.3 Å². The van der Waals surface area contributed by atoms with Crippen molar-refractivity contribution in [2.24, 2.45) is 21.5 Å². The number of carbonyl (C=O) groups excluding carboxylic acids is 1. The minimum Gasteiger partial charge on any atom is -0.369 e. The molecule has 0 bridgehead atoms. The Hall–Kier alpha value is -2.22. The second kappa shape index (κ2) is 9.31. The third-order valence-electron chi connectivity index (χ3n) is 3.84. The number of nitrogens with two attached hydrogens (primary N) is 2. The highest BCUT2D eigenvalue weighted by atomic mass is 32.2. The predicted molar refractivity (Wildman–Crippen MR) is 104 cm³/mol. The number of aliphatic imine (C=N–C) groups is 2. The summed E-state index contributed by atoms with van der Waals surface area (Å²) in [6.45, 7) is 1.78. The molecule has 0 unspecified atom stereocenters. The van der Waals surface area contributed by atoms with Crippen LogP contribution in [0.2, 0.25) is 0 Å². The van der Waals surface area contributed by atoms with Crippen molar-refractivity contribution in [3.8, 4) is 0 Å². The van der Waals surface area contributed by atoms with Crippen molar-refractivity contribution in [1.82, 2.24) is 9.80 Å². The Morgan fingerprint density at radius 3 is 2.40 bits per heavy atom. The van der Waals surface area contributed by atoms with Crippen molar-refractivity contribution in [2.75, 3.05) is 32.9 Å². The van der Waals surface area contributed by atoms with Crippen LogP contribution in [0.3, 0.4) is 0 Å². The van der Waals surface area contributed by atoms with Crippen LogP contribution in [0.4, 0.5) is 5.69 Å². The molecule has 1 heterocycles. The third-order valence-corrected chi connectivity index (χ3v) is 4.84. The zero-order valence-corrected chi connectivity index (χ0v) is 15.6. The fraction of sp³-hybridized carbons (Fsp3) is 0.471. The van der Waals surface area contributed by atoms with Crippen LogP contribution in [-0.2, 0) is 4.79 Å². The molecule has 1 aliphatic heterocycles. The number of piperidine rings is 1. The summed E-state index contributed by atoms with van der Waals surface area (Å²) in [6, 6.07) is 7.56. The van der Waals surface area contributed by atoms with Crippen LogP contribution in [0, 0.1) is 0 Å². The molecule has 0 aliphatic carbocycles. The van der Waals surface area contributed by atoms with E-state index in [9.17, 15) is 4.79 Å². The van der Waals surface area contributed by atoms with Crippen LogP contribution in [0.15, 0.2) is 39.1 Å². The zero-order chi connectivity index (χ0) is 18.2. The van der Waals surface area contributed by atoms with Crippen molar-refractivity contribution in [1.29, 1.82) is 0 Å². The normalized spacial score (nSPS) is 16.0. The lowest BCUT2D eigenvalue weighted by molar-refractivity contribution is -0.129. The first-order chi connectivity index (χ1) is 12.0. The molecule has 0 aromatic heterocycles. The van der Waals surface area contributed by atoms with Crippen molar-refractivity contribution in [3.63, 3.8) is 0 Å². The molecule has 1 fully saturated rings. The lowest BCUT2D eigenvalue weighted by atomic mass is 10.1. The Kier molecular flexibility index (Phi) is 7.12. The van der Waals surface area contributed by atoms with Crippen molar-refractivity contribution in [3.05, 3.63) is 24.3 Å². The number of rotatable bonds is 4. The number of carbonyl (C=O) groups is 1. The van der Waals surface area contributed by atoms with Crippen LogP contribution >= 0.6 is 11.8 Å². The summed E-state index contributed by atoms with van der Waals surface area (Å²) in [7, 11) is 3.56. The summed E-state index contributed by atoms with van der Waals surface area (Å²) in [4.78, 5) is 25.0. The number of guanidine groups is 2. The highest BCUT2D eigenvalue weighted by Crippen LogP contribution is 2.22. The summed E-state index contributed by atoms with van der Waals surface area (Å²) in [5, 5.41) is 0. The first-order valence-corrected chi connectivity index (χ1v) is 9.30. The minimum absolute atomic E-state index is 0.104. The topological polar surface area (TPSA) is 100 Å². The van der Waals surface area contributed by atoms with Gasteiger partial charge in [0.25, 0.3) is 0 Å². The summed E-state index contributed by atoms with van der Waals surface area (Å²) in [5.41, 5.74) is 12.2. The molecular weight excluding hydrogens is 336 g/mol. The second-order valence-electron chi connectivity index (χ2n) is 6.06. The van der Waals surface area contributed by atoms with Crippen LogP contribution in [0.25, 0.3) is 0 Å². The van der Waals surface area contributed by atoms with Gasteiger partial charge < -0.3 is 21.3 Å². The largest absolute Gasteiger partial charge is 0.369 e. The maximum absolute atomic E-state index is 12.2. The van der Waals surface area contributed by atoms with Gasteiger partial charge in [0.1, 0.15) is 0 Å². The number of nitrogens with zero attached hydrogens (tertiary/aromatic N) is 4. The van der Waals surface area contributed by atoms with Crippen molar-refractivity contribution < 1.29 is 4.79 Å². The Bertz CT molecular complexity index is 635. The van der Waals surface area contributed by atoms with Gasteiger partial charge in [-0.25, -0.2) is 4.99 Å². The molecular formula is C17H26N6OS. The number of hydrogen-bond acceptors (Lipinski definition) is 3. The number of benzene rings is 1. The van der Waals surface area contributed by atoms with Gasteiger partial charge in [0.05, 0.1) is 11.4 Å². The Morgan fingerprint density at radius 2 is 1.80 bits per heavy atom. The smallest absolute Gasteiger partial charge is 0.232 e. The van der Waals surface area contributed by atoms with E-state index in [0.29, 0.717) is 17.4 Å². The zero-order valence-electron chi connectivity index (χ0n) is 14.8. The fourth-order valence-corrected chi connectivity index (χ4v) is 3.17. The Balaban J connectivity index is 1.89. The molecule has 0 radical (unpaired) electrons. The Morgan fingerprint density at radius 1 is 1.16 bits per heavy atom. The van der Waals surface area contributed by atoms with Gasteiger partial charge >= 0.3 is 0 Å². The van der Waals surface area contributed by atoms with E-state index in [4.69, 9.17) is 11.5 Å². The van der Waals surface area contributed by atoms with Gasteiger partial charge in [-0.1, -0.05) is 0 Å². The summed E-state index contributed by atoms with van der Waals surface area (Å²) < 4.78 is 0. The van der Waals surface area contributed by atoms with Crippen molar-refractivity contribution in [2.45, 2.75) is 24.2 Å². The summed E-state index contributed by atoms with van der Waals surface area (Å²) >= 11 is 1.54. The van der Waals surface area contributed by atoms with Crippen LogP contribution < -0.4 is 11.5 Å². The lowest BCUT2D eigenvalue weighted by Crippen LogP contribution is -2.36. The molecule has 1 aliphatic rings. The molecule has 2 rings (SSSR count). The van der Waals surface area contributed by atoms with Gasteiger partial charge in [0.2, 0.25) is 11.9 Å².